The van der Waals surface area contributed by atoms with Crippen molar-refractivity contribution in [1.29, 1.82) is 0 Å². The van der Waals surface area contributed by atoms with Crippen molar-refractivity contribution >= 4 is 46.4 Å². The molecule has 0 unspecified atom stereocenters. The third-order valence-corrected chi connectivity index (χ3v) is 4.56. The Labute approximate surface area is 153 Å². The smallest absolute Gasteiger partial charge is 0.195 e. The highest BCUT2D eigenvalue weighted by molar-refractivity contribution is 7.18. The van der Waals surface area contributed by atoms with Gasteiger partial charge in [0.2, 0.25) is 0 Å². The molecule has 0 atom stereocenters. The van der Waals surface area contributed by atoms with Crippen molar-refractivity contribution in [1.82, 2.24) is 0 Å². The molecule has 1 aromatic carbocycles. The first-order chi connectivity index (χ1) is 11.6. The number of furan rings is 1. The molecule has 0 saturated heterocycles. The minimum atomic E-state index is -0.111. The number of benzene rings is 1. The number of ketones is 1. The van der Waals surface area contributed by atoms with Gasteiger partial charge >= 0.3 is 0 Å². The van der Waals surface area contributed by atoms with Gasteiger partial charge in [-0.25, -0.2) is 0 Å². The summed E-state index contributed by atoms with van der Waals surface area (Å²) in [5.74, 6) is 1.79. The number of ether oxygens (including phenoxy) is 1. The fourth-order valence-corrected chi connectivity index (χ4v) is 3.10. The average Bonchev–Trinajstić information content (AvgIpc) is 3.20. The standard InChI is InChI=1S/C18H12Cl2O3S/c19-12-2-1-3-14(10-12)22-11-15-5-4-13(23-15)6-7-16(21)17-8-9-18(20)24-17/h1-10H,11H2/b7-6+. The lowest BCUT2D eigenvalue weighted by Gasteiger charge is -2.03. The molecule has 0 N–H and O–H groups in total. The van der Waals surface area contributed by atoms with E-state index in [0.29, 0.717) is 31.5 Å². The second-order valence-electron chi connectivity index (χ2n) is 4.85. The van der Waals surface area contributed by atoms with E-state index in [1.165, 1.54) is 17.4 Å². The largest absolute Gasteiger partial charge is 0.486 e. The van der Waals surface area contributed by atoms with Gasteiger partial charge in [0.15, 0.2) is 5.78 Å². The Kier molecular flexibility index (Phi) is 5.41. The summed E-state index contributed by atoms with van der Waals surface area (Å²) in [4.78, 5) is 12.6. The van der Waals surface area contributed by atoms with E-state index < -0.39 is 0 Å². The lowest BCUT2D eigenvalue weighted by molar-refractivity contribution is 0.105. The zero-order chi connectivity index (χ0) is 16.9. The number of carbonyl (C=O) groups is 1. The van der Waals surface area contributed by atoms with Gasteiger partial charge in [0.1, 0.15) is 23.9 Å². The molecule has 0 saturated carbocycles. The third kappa shape index (κ3) is 4.51. The van der Waals surface area contributed by atoms with Gasteiger partial charge in [-0.15, -0.1) is 11.3 Å². The molecule has 6 heteroatoms. The molecule has 0 amide bonds. The first-order valence-corrected chi connectivity index (χ1v) is 8.62. The van der Waals surface area contributed by atoms with Gasteiger partial charge in [-0.05, 0) is 54.6 Å². The summed E-state index contributed by atoms with van der Waals surface area (Å²) in [6.07, 6.45) is 3.08. The van der Waals surface area contributed by atoms with Gasteiger partial charge in [0.05, 0.1) is 9.21 Å². The molecule has 0 radical (unpaired) electrons. The lowest BCUT2D eigenvalue weighted by Crippen LogP contribution is -1.93. The monoisotopic (exact) mass is 378 g/mol. The van der Waals surface area contributed by atoms with Gasteiger partial charge in [-0.3, -0.25) is 4.79 Å². The molecule has 0 aliphatic rings. The summed E-state index contributed by atoms with van der Waals surface area (Å²) in [6.45, 7) is 0.280. The van der Waals surface area contributed by atoms with Crippen LogP contribution in [0.1, 0.15) is 21.2 Å². The Hall–Kier alpha value is -2.01. The topological polar surface area (TPSA) is 39.4 Å². The summed E-state index contributed by atoms with van der Waals surface area (Å²) in [5, 5.41) is 0.614. The fraction of sp³-hybridized carbons (Fsp3) is 0.0556. The van der Waals surface area contributed by atoms with Crippen molar-refractivity contribution in [3.8, 4) is 5.75 Å². The molecular formula is C18H12Cl2O3S. The van der Waals surface area contributed by atoms with Crippen molar-refractivity contribution in [2.75, 3.05) is 0 Å². The molecule has 3 rings (SSSR count). The van der Waals surface area contributed by atoms with Gasteiger partial charge in [0.25, 0.3) is 0 Å². The Morgan fingerprint density at radius 3 is 2.79 bits per heavy atom. The molecular weight excluding hydrogens is 367 g/mol. The van der Waals surface area contributed by atoms with Gasteiger partial charge in [-0.1, -0.05) is 29.3 Å². The van der Waals surface area contributed by atoms with E-state index in [1.807, 2.05) is 12.1 Å². The summed E-state index contributed by atoms with van der Waals surface area (Å²) < 4.78 is 11.8. The third-order valence-electron chi connectivity index (χ3n) is 3.07. The summed E-state index contributed by atoms with van der Waals surface area (Å²) in [7, 11) is 0. The minimum Gasteiger partial charge on any atom is -0.486 e. The second kappa shape index (κ2) is 7.71. The summed E-state index contributed by atoms with van der Waals surface area (Å²) in [6, 6.07) is 14.1. The van der Waals surface area contributed by atoms with E-state index in [-0.39, 0.29) is 12.4 Å². The Bertz CT molecular complexity index is 880. The van der Waals surface area contributed by atoms with Crippen molar-refractivity contribution < 1.29 is 13.9 Å². The molecule has 0 bridgehead atoms. The minimum absolute atomic E-state index is 0.111. The Balaban J connectivity index is 1.59. The van der Waals surface area contributed by atoms with Crippen LogP contribution >= 0.6 is 34.5 Å². The quantitative estimate of drug-likeness (QED) is 0.382. The lowest BCUT2D eigenvalue weighted by atomic mass is 10.3. The van der Waals surface area contributed by atoms with E-state index in [4.69, 9.17) is 32.4 Å². The molecule has 2 aromatic heterocycles. The van der Waals surface area contributed by atoms with Crippen LogP contribution in [0.4, 0.5) is 0 Å². The molecule has 3 aromatic rings. The van der Waals surface area contributed by atoms with E-state index in [9.17, 15) is 4.79 Å². The zero-order valence-electron chi connectivity index (χ0n) is 12.4. The number of allylic oxidation sites excluding steroid dienone is 1. The van der Waals surface area contributed by atoms with Crippen molar-refractivity contribution in [3.05, 3.63) is 80.4 Å². The number of rotatable bonds is 6. The highest BCUT2D eigenvalue weighted by Gasteiger charge is 2.06. The van der Waals surface area contributed by atoms with E-state index in [2.05, 4.69) is 0 Å². The predicted molar refractivity (Wildman–Crippen MR) is 97.2 cm³/mol. The maximum Gasteiger partial charge on any atom is 0.195 e. The van der Waals surface area contributed by atoms with Crippen LogP contribution in [0.15, 0.2) is 59.0 Å². The van der Waals surface area contributed by atoms with Crippen molar-refractivity contribution in [2.24, 2.45) is 0 Å². The second-order valence-corrected chi connectivity index (χ2v) is 7.00. The first-order valence-electron chi connectivity index (χ1n) is 7.05. The van der Waals surface area contributed by atoms with E-state index in [1.54, 1.807) is 42.5 Å². The highest BCUT2D eigenvalue weighted by atomic mass is 35.5. The zero-order valence-corrected chi connectivity index (χ0v) is 14.7. The van der Waals surface area contributed by atoms with Crippen molar-refractivity contribution in [3.63, 3.8) is 0 Å². The van der Waals surface area contributed by atoms with Gasteiger partial charge < -0.3 is 9.15 Å². The molecule has 122 valence electrons. The number of halogens is 2. The van der Waals surface area contributed by atoms with Gasteiger partial charge in [-0.2, -0.15) is 0 Å². The predicted octanol–water partition coefficient (Wildman–Crippen LogP) is 6.12. The molecule has 0 fully saturated rings. The van der Waals surface area contributed by atoms with Gasteiger partial charge in [0, 0.05) is 5.02 Å². The molecule has 0 spiro atoms. The molecule has 24 heavy (non-hydrogen) atoms. The maximum absolute atomic E-state index is 12.0. The van der Waals surface area contributed by atoms with Crippen LogP contribution < -0.4 is 4.74 Å². The van der Waals surface area contributed by atoms with Crippen LogP contribution in [0.5, 0.6) is 5.75 Å². The average molecular weight is 379 g/mol. The Morgan fingerprint density at radius 1 is 1.17 bits per heavy atom. The normalized spacial score (nSPS) is 11.1. The molecule has 3 nitrogen and oxygen atoms in total. The number of hydrogen-bond acceptors (Lipinski definition) is 4. The van der Waals surface area contributed by atoms with E-state index in [0.717, 1.165) is 0 Å². The molecule has 0 aliphatic carbocycles. The Morgan fingerprint density at radius 2 is 2.04 bits per heavy atom. The summed E-state index contributed by atoms with van der Waals surface area (Å²) in [5.41, 5.74) is 0. The molecule has 0 aliphatic heterocycles. The molecule has 2 heterocycles. The maximum atomic E-state index is 12.0. The van der Waals surface area contributed by atoms with Crippen LogP contribution in [-0.2, 0) is 6.61 Å². The SMILES string of the molecule is O=C(/C=C/c1ccc(COc2cccc(Cl)c2)o1)c1ccc(Cl)s1. The van der Waals surface area contributed by atoms with Crippen LogP contribution in [-0.4, -0.2) is 5.78 Å². The van der Waals surface area contributed by atoms with Crippen LogP contribution in [0, 0.1) is 0 Å². The highest BCUT2D eigenvalue weighted by Crippen LogP contribution is 2.23. The number of thiophene rings is 1. The van der Waals surface area contributed by atoms with Crippen LogP contribution in [0.3, 0.4) is 0 Å². The van der Waals surface area contributed by atoms with Crippen LogP contribution in [0.25, 0.3) is 6.08 Å². The first kappa shape index (κ1) is 16.8. The fourth-order valence-electron chi connectivity index (χ4n) is 1.96. The number of carbonyl (C=O) groups excluding carboxylic acids is 1. The van der Waals surface area contributed by atoms with Crippen molar-refractivity contribution in [2.45, 2.75) is 6.61 Å². The van der Waals surface area contributed by atoms with Crippen LogP contribution in [0.2, 0.25) is 9.36 Å². The summed E-state index contributed by atoms with van der Waals surface area (Å²) >= 11 is 13.0. The van der Waals surface area contributed by atoms with E-state index >= 15 is 0 Å². The number of hydrogen-bond donors (Lipinski definition) is 0.